The molecule has 0 aliphatic carbocycles. The largest absolute Gasteiger partial charge is 0.457 e. The number of nitrogens with zero attached hydrogens (tertiary/aromatic N) is 3. The summed E-state index contributed by atoms with van der Waals surface area (Å²) < 4.78 is 12.2. The maximum Gasteiger partial charge on any atom is 0.153 e. The van der Waals surface area contributed by atoms with Gasteiger partial charge in [0.25, 0.3) is 0 Å². The summed E-state index contributed by atoms with van der Waals surface area (Å²) in [6.07, 6.45) is 7.84. The van der Waals surface area contributed by atoms with Gasteiger partial charge >= 0.3 is 0 Å². The van der Waals surface area contributed by atoms with Gasteiger partial charge in [0.15, 0.2) is 5.58 Å². The number of pyridine rings is 2. The van der Waals surface area contributed by atoms with Crippen molar-refractivity contribution in [1.29, 1.82) is 0 Å². The van der Waals surface area contributed by atoms with Gasteiger partial charge in [0.2, 0.25) is 0 Å². The number of fused-ring (bicyclic) bond motifs is 5. The summed E-state index contributed by atoms with van der Waals surface area (Å²) in [7, 11) is 0. The highest BCUT2D eigenvalue weighted by Gasteiger charge is 2.21. The van der Waals surface area contributed by atoms with E-state index in [9.17, 15) is 0 Å². The molecule has 0 saturated heterocycles. The minimum atomic E-state index is 0.722. The SMILES string of the molecule is C1=Cc2cccnc2N(c2cccc(Oc3ccc4oc5cccnc5c4c3)c2)c2ccccc21. The molecule has 0 N–H and O–H groups in total. The number of hydrogen-bond acceptors (Lipinski definition) is 5. The molecule has 5 nitrogen and oxygen atoms in total. The van der Waals surface area contributed by atoms with Crippen LogP contribution in [0.25, 0.3) is 34.2 Å². The summed E-state index contributed by atoms with van der Waals surface area (Å²) >= 11 is 0. The molecule has 1 aliphatic rings. The van der Waals surface area contributed by atoms with Crippen molar-refractivity contribution in [2.24, 2.45) is 0 Å². The molecule has 0 fully saturated rings. The Morgan fingerprint density at radius 3 is 2.49 bits per heavy atom. The Morgan fingerprint density at radius 1 is 0.657 bits per heavy atom. The van der Waals surface area contributed by atoms with Gasteiger partial charge in [0, 0.05) is 24.0 Å². The highest BCUT2D eigenvalue weighted by atomic mass is 16.5. The number of aromatic nitrogens is 2. The van der Waals surface area contributed by atoms with Gasteiger partial charge in [-0.1, -0.05) is 36.4 Å². The fourth-order valence-electron chi connectivity index (χ4n) is 4.58. The number of hydrogen-bond donors (Lipinski definition) is 0. The van der Waals surface area contributed by atoms with Crippen LogP contribution in [0, 0.1) is 0 Å². The summed E-state index contributed by atoms with van der Waals surface area (Å²) in [5.74, 6) is 2.33. The topological polar surface area (TPSA) is 51.4 Å². The number of ether oxygens (including phenoxy) is 1. The molecule has 0 amide bonds. The molecular formula is C30H19N3O2. The molecule has 4 heterocycles. The molecule has 0 atom stereocenters. The lowest BCUT2D eigenvalue weighted by atomic mass is 10.1. The third-order valence-corrected chi connectivity index (χ3v) is 6.16. The molecule has 3 aromatic heterocycles. The van der Waals surface area contributed by atoms with E-state index in [0.29, 0.717) is 0 Å². The van der Waals surface area contributed by atoms with Gasteiger partial charge in [-0.2, -0.15) is 0 Å². The van der Waals surface area contributed by atoms with Crippen molar-refractivity contribution in [2.75, 3.05) is 4.90 Å². The van der Waals surface area contributed by atoms with Crippen LogP contribution in [0.2, 0.25) is 0 Å². The molecule has 35 heavy (non-hydrogen) atoms. The summed E-state index contributed by atoms with van der Waals surface area (Å²) in [6, 6.07) is 30.0. The minimum absolute atomic E-state index is 0.722. The smallest absolute Gasteiger partial charge is 0.153 e. The molecular weight excluding hydrogens is 434 g/mol. The second kappa shape index (κ2) is 7.85. The van der Waals surface area contributed by atoms with Crippen molar-refractivity contribution in [3.05, 3.63) is 115 Å². The van der Waals surface area contributed by atoms with Crippen LogP contribution in [0.3, 0.4) is 0 Å². The molecule has 0 radical (unpaired) electrons. The summed E-state index contributed by atoms with van der Waals surface area (Å²) in [4.78, 5) is 11.4. The normalized spacial score (nSPS) is 12.4. The van der Waals surface area contributed by atoms with E-state index in [1.165, 1.54) is 0 Å². The Hall–Kier alpha value is -4.90. The average Bonchev–Trinajstić information content (AvgIpc) is 3.18. The molecule has 6 aromatic rings. The fourth-order valence-corrected chi connectivity index (χ4v) is 4.58. The second-order valence-corrected chi connectivity index (χ2v) is 8.35. The van der Waals surface area contributed by atoms with Crippen LogP contribution >= 0.6 is 0 Å². The summed E-state index contributed by atoms with van der Waals surface area (Å²) in [5, 5.41) is 0.930. The van der Waals surface area contributed by atoms with E-state index in [2.05, 4.69) is 52.4 Å². The predicted octanol–water partition coefficient (Wildman–Crippen LogP) is 8.12. The van der Waals surface area contributed by atoms with Crippen molar-refractivity contribution >= 4 is 51.4 Å². The predicted molar refractivity (Wildman–Crippen MR) is 139 cm³/mol. The minimum Gasteiger partial charge on any atom is -0.457 e. The number of furan rings is 1. The lowest BCUT2D eigenvalue weighted by molar-refractivity contribution is 0.483. The Morgan fingerprint density at radius 2 is 1.49 bits per heavy atom. The van der Waals surface area contributed by atoms with Crippen LogP contribution in [0.4, 0.5) is 17.2 Å². The van der Waals surface area contributed by atoms with E-state index in [0.717, 1.165) is 61.9 Å². The van der Waals surface area contributed by atoms with Crippen molar-refractivity contribution in [3.8, 4) is 11.5 Å². The molecule has 166 valence electrons. The van der Waals surface area contributed by atoms with Gasteiger partial charge in [0.1, 0.15) is 28.4 Å². The lowest BCUT2D eigenvalue weighted by Crippen LogP contribution is -2.13. The first-order valence-electron chi connectivity index (χ1n) is 11.4. The quantitative estimate of drug-likeness (QED) is 0.270. The average molecular weight is 454 g/mol. The molecule has 0 saturated carbocycles. The van der Waals surface area contributed by atoms with Crippen molar-refractivity contribution in [3.63, 3.8) is 0 Å². The zero-order chi connectivity index (χ0) is 23.2. The van der Waals surface area contributed by atoms with Gasteiger partial charge in [-0.05, 0) is 66.2 Å². The number of para-hydroxylation sites is 1. The van der Waals surface area contributed by atoms with Crippen LogP contribution in [0.15, 0.2) is 108 Å². The third-order valence-electron chi connectivity index (χ3n) is 6.16. The van der Waals surface area contributed by atoms with E-state index in [1.807, 2.05) is 66.9 Å². The van der Waals surface area contributed by atoms with E-state index in [-0.39, 0.29) is 0 Å². The zero-order valence-electron chi connectivity index (χ0n) is 18.6. The number of benzene rings is 3. The molecule has 1 aliphatic heterocycles. The Kier molecular flexibility index (Phi) is 4.39. The monoisotopic (exact) mass is 453 g/mol. The lowest BCUT2D eigenvalue weighted by Gasteiger charge is -2.26. The van der Waals surface area contributed by atoms with Gasteiger partial charge in [-0.25, -0.2) is 4.98 Å². The first kappa shape index (κ1) is 19.6. The van der Waals surface area contributed by atoms with Gasteiger partial charge in [0.05, 0.1) is 16.8 Å². The van der Waals surface area contributed by atoms with Crippen LogP contribution in [0.5, 0.6) is 11.5 Å². The van der Waals surface area contributed by atoms with Crippen molar-refractivity contribution in [2.45, 2.75) is 0 Å². The molecule has 0 unspecified atom stereocenters. The van der Waals surface area contributed by atoms with Crippen molar-refractivity contribution in [1.82, 2.24) is 9.97 Å². The molecule has 7 rings (SSSR count). The number of rotatable bonds is 3. The molecule has 0 bridgehead atoms. The molecule has 0 spiro atoms. The maximum atomic E-state index is 6.31. The van der Waals surface area contributed by atoms with E-state index in [1.54, 1.807) is 6.20 Å². The fraction of sp³-hybridized carbons (Fsp3) is 0. The van der Waals surface area contributed by atoms with Crippen LogP contribution < -0.4 is 9.64 Å². The summed E-state index contributed by atoms with van der Waals surface area (Å²) in [5.41, 5.74) is 6.60. The maximum absolute atomic E-state index is 6.31. The first-order chi connectivity index (χ1) is 17.3. The Labute approximate surface area is 201 Å². The third kappa shape index (κ3) is 3.33. The van der Waals surface area contributed by atoms with E-state index >= 15 is 0 Å². The Bertz CT molecular complexity index is 1700. The second-order valence-electron chi connectivity index (χ2n) is 8.35. The van der Waals surface area contributed by atoms with Crippen LogP contribution in [-0.2, 0) is 0 Å². The first-order valence-corrected chi connectivity index (χ1v) is 11.4. The van der Waals surface area contributed by atoms with Crippen molar-refractivity contribution < 1.29 is 9.15 Å². The highest BCUT2D eigenvalue weighted by Crippen LogP contribution is 2.42. The highest BCUT2D eigenvalue weighted by molar-refractivity contribution is 6.02. The number of anilines is 3. The standard InChI is InChI=1S/C30H19N3O2/c1-2-10-26-20(6-1)12-13-21-7-4-17-32-30(21)33(26)22-8-3-9-23(18-22)34-24-14-15-27-25(19-24)29-28(35-27)11-5-16-31-29/h1-19H. The van der Waals surface area contributed by atoms with Crippen LogP contribution in [-0.4, -0.2) is 9.97 Å². The summed E-state index contributed by atoms with van der Waals surface area (Å²) in [6.45, 7) is 0. The van der Waals surface area contributed by atoms with E-state index in [4.69, 9.17) is 14.1 Å². The van der Waals surface area contributed by atoms with Gasteiger partial charge < -0.3 is 9.15 Å². The Balaban J connectivity index is 1.31. The van der Waals surface area contributed by atoms with E-state index < -0.39 is 0 Å². The van der Waals surface area contributed by atoms with Gasteiger partial charge in [-0.3, -0.25) is 9.88 Å². The zero-order valence-corrected chi connectivity index (χ0v) is 18.6. The van der Waals surface area contributed by atoms with Crippen LogP contribution in [0.1, 0.15) is 11.1 Å². The molecule has 5 heteroatoms. The molecule has 3 aromatic carbocycles. The van der Waals surface area contributed by atoms with Gasteiger partial charge in [-0.15, -0.1) is 0 Å².